The van der Waals surface area contributed by atoms with Crippen LogP contribution in [0.15, 0.2) is 97.2 Å². The third kappa shape index (κ3) is 61.1. The van der Waals surface area contributed by atoms with Crippen LogP contribution in [-0.4, -0.2) is 37.2 Å². The Bertz CT molecular complexity index is 1480. The van der Waals surface area contributed by atoms with E-state index in [0.29, 0.717) is 19.3 Å². The number of esters is 3. The van der Waals surface area contributed by atoms with Crippen molar-refractivity contribution >= 4 is 17.9 Å². The highest BCUT2D eigenvalue weighted by atomic mass is 16.6. The van der Waals surface area contributed by atoms with E-state index in [1.807, 2.05) is 0 Å². The Balaban J connectivity index is 4.45. The second-order valence-corrected chi connectivity index (χ2v) is 20.9. The summed E-state index contributed by atoms with van der Waals surface area (Å²) in [4.78, 5) is 38.3. The lowest BCUT2D eigenvalue weighted by Gasteiger charge is -2.18. The lowest BCUT2D eigenvalue weighted by Crippen LogP contribution is -2.30. The molecule has 430 valence electrons. The van der Waals surface area contributed by atoms with Crippen molar-refractivity contribution in [2.45, 2.75) is 309 Å². The third-order valence-electron chi connectivity index (χ3n) is 13.6. The molecule has 0 rings (SSSR count). The first-order valence-corrected chi connectivity index (χ1v) is 31.7. The van der Waals surface area contributed by atoms with Crippen LogP contribution in [0.3, 0.4) is 0 Å². The van der Waals surface area contributed by atoms with Crippen molar-refractivity contribution in [3.63, 3.8) is 0 Å². The minimum absolute atomic E-state index is 0.0918. The van der Waals surface area contributed by atoms with Crippen LogP contribution in [0.2, 0.25) is 0 Å². The maximum Gasteiger partial charge on any atom is 0.306 e. The van der Waals surface area contributed by atoms with Crippen LogP contribution in [0.4, 0.5) is 0 Å². The van der Waals surface area contributed by atoms with Crippen molar-refractivity contribution in [1.29, 1.82) is 0 Å². The molecule has 0 aliphatic heterocycles. The molecule has 0 amide bonds. The fourth-order valence-corrected chi connectivity index (χ4v) is 8.83. The van der Waals surface area contributed by atoms with Gasteiger partial charge in [0, 0.05) is 19.3 Å². The number of hydrogen-bond acceptors (Lipinski definition) is 6. The van der Waals surface area contributed by atoms with Gasteiger partial charge in [0.15, 0.2) is 6.10 Å². The van der Waals surface area contributed by atoms with Crippen LogP contribution in [0.1, 0.15) is 303 Å². The molecule has 0 aliphatic rings. The Morgan fingerprint density at radius 2 is 0.520 bits per heavy atom. The molecule has 0 aromatic heterocycles. The van der Waals surface area contributed by atoms with Crippen molar-refractivity contribution in [3.05, 3.63) is 97.2 Å². The normalized spacial score (nSPS) is 12.7. The molecule has 0 fully saturated rings. The molecule has 0 aromatic carbocycles. The molecule has 0 saturated heterocycles. The number of carbonyl (C=O) groups is 3. The zero-order valence-electron chi connectivity index (χ0n) is 49.3. The van der Waals surface area contributed by atoms with E-state index in [9.17, 15) is 14.4 Å². The van der Waals surface area contributed by atoms with E-state index in [1.165, 1.54) is 141 Å². The number of unbranched alkanes of at least 4 members (excludes halogenated alkanes) is 30. The molecule has 0 aliphatic carbocycles. The molecular formula is C69H118O6. The molecule has 0 saturated carbocycles. The summed E-state index contributed by atoms with van der Waals surface area (Å²) >= 11 is 0. The van der Waals surface area contributed by atoms with Gasteiger partial charge in [0.25, 0.3) is 0 Å². The first kappa shape index (κ1) is 71.3. The monoisotopic (exact) mass is 1040 g/mol. The van der Waals surface area contributed by atoms with Gasteiger partial charge in [-0.2, -0.15) is 0 Å². The SMILES string of the molecule is CC/C=C\C/C=C\C/C=C\C/C=C\C/C=C\CCCCCC(=O)OCC(COC(=O)CCCCCCCCCCCCCCCCCCCCC)OC(=O)CCCCCCCC/C=C\C/C=C\C/C=C\CCCCC. The summed E-state index contributed by atoms with van der Waals surface area (Å²) in [5.74, 6) is -0.927. The molecule has 1 atom stereocenters. The van der Waals surface area contributed by atoms with Crippen molar-refractivity contribution < 1.29 is 28.6 Å². The van der Waals surface area contributed by atoms with E-state index in [2.05, 4.69) is 118 Å². The van der Waals surface area contributed by atoms with Crippen LogP contribution in [0, 0.1) is 0 Å². The fraction of sp³-hybridized carbons (Fsp3) is 0.725. The molecule has 6 heteroatoms. The Labute approximate surface area is 464 Å². The highest BCUT2D eigenvalue weighted by Crippen LogP contribution is 2.16. The van der Waals surface area contributed by atoms with Gasteiger partial charge in [0.05, 0.1) is 0 Å². The summed E-state index contributed by atoms with van der Waals surface area (Å²) in [6, 6.07) is 0. The molecule has 0 heterocycles. The lowest BCUT2D eigenvalue weighted by atomic mass is 10.0. The first-order valence-electron chi connectivity index (χ1n) is 31.7. The molecule has 0 aromatic rings. The molecule has 0 N–H and O–H groups in total. The molecule has 0 radical (unpaired) electrons. The van der Waals surface area contributed by atoms with Crippen molar-refractivity contribution in [2.75, 3.05) is 13.2 Å². The van der Waals surface area contributed by atoms with Gasteiger partial charge >= 0.3 is 17.9 Å². The average Bonchev–Trinajstić information content (AvgIpc) is 3.41. The predicted molar refractivity (Wildman–Crippen MR) is 325 cm³/mol. The number of rotatable bonds is 57. The van der Waals surface area contributed by atoms with Gasteiger partial charge in [-0.25, -0.2) is 0 Å². The smallest absolute Gasteiger partial charge is 0.306 e. The molecular weight excluding hydrogens is 925 g/mol. The van der Waals surface area contributed by atoms with Crippen LogP contribution in [0.5, 0.6) is 0 Å². The van der Waals surface area contributed by atoms with Crippen LogP contribution in [-0.2, 0) is 28.6 Å². The van der Waals surface area contributed by atoms with Crippen molar-refractivity contribution in [3.8, 4) is 0 Å². The summed E-state index contributed by atoms with van der Waals surface area (Å²) in [6.07, 6.45) is 84.0. The van der Waals surface area contributed by atoms with E-state index in [0.717, 1.165) is 122 Å². The van der Waals surface area contributed by atoms with Gasteiger partial charge in [-0.3, -0.25) is 14.4 Å². The Morgan fingerprint density at radius 3 is 0.853 bits per heavy atom. The van der Waals surface area contributed by atoms with E-state index in [1.54, 1.807) is 0 Å². The minimum Gasteiger partial charge on any atom is -0.462 e. The summed E-state index contributed by atoms with van der Waals surface area (Å²) < 4.78 is 16.9. The van der Waals surface area contributed by atoms with Crippen LogP contribution in [0.25, 0.3) is 0 Å². The summed E-state index contributed by atoms with van der Waals surface area (Å²) in [7, 11) is 0. The summed E-state index contributed by atoms with van der Waals surface area (Å²) in [5.41, 5.74) is 0. The highest BCUT2D eigenvalue weighted by Gasteiger charge is 2.19. The van der Waals surface area contributed by atoms with E-state index < -0.39 is 6.10 Å². The topological polar surface area (TPSA) is 78.9 Å². The predicted octanol–water partition coefficient (Wildman–Crippen LogP) is 21.7. The van der Waals surface area contributed by atoms with E-state index in [4.69, 9.17) is 14.2 Å². The second-order valence-electron chi connectivity index (χ2n) is 20.9. The van der Waals surface area contributed by atoms with Crippen LogP contribution < -0.4 is 0 Å². The van der Waals surface area contributed by atoms with Gasteiger partial charge in [-0.15, -0.1) is 0 Å². The van der Waals surface area contributed by atoms with Gasteiger partial charge in [0.1, 0.15) is 13.2 Å². The van der Waals surface area contributed by atoms with Gasteiger partial charge in [-0.05, 0) is 103 Å². The van der Waals surface area contributed by atoms with Gasteiger partial charge < -0.3 is 14.2 Å². The standard InChI is InChI=1S/C69H118O6/c1-4-7-10-13-16-19-22-25-28-31-34-37-40-43-46-49-52-55-58-61-67(70)73-64-66(75-69(72)63-60-57-54-51-48-45-42-39-36-33-30-27-24-21-18-15-12-9-6-3)65-74-68(71)62-59-56-53-50-47-44-41-38-35-32-29-26-23-20-17-14-11-8-5-2/h7,10,16,18-19,21,25,27-28,30,34,36-37,39,43,46,66H,4-6,8-9,11-15,17,20,22-24,26,29,31-33,35,38,40-42,44-45,47-65H2,1-3H3/b10-7-,19-16-,21-18-,28-25-,30-27-,37-34-,39-36-,46-43-. The quantitative estimate of drug-likeness (QED) is 0.0261. The molecule has 75 heavy (non-hydrogen) atoms. The number of hydrogen-bond donors (Lipinski definition) is 0. The summed E-state index contributed by atoms with van der Waals surface area (Å²) in [5, 5.41) is 0. The zero-order valence-corrected chi connectivity index (χ0v) is 49.3. The molecule has 0 spiro atoms. The fourth-order valence-electron chi connectivity index (χ4n) is 8.83. The molecule has 1 unspecified atom stereocenters. The maximum atomic E-state index is 12.9. The van der Waals surface area contributed by atoms with Crippen LogP contribution >= 0.6 is 0 Å². The second kappa shape index (κ2) is 62.9. The largest absolute Gasteiger partial charge is 0.462 e. The van der Waals surface area contributed by atoms with Crippen molar-refractivity contribution in [2.24, 2.45) is 0 Å². The number of carbonyl (C=O) groups excluding carboxylic acids is 3. The lowest BCUT2D eigenvalue weighted by molar-refractivity contribution is -0.167. The van der Waals surface area contributed by atoms with Crippen molar-refractivity contribution in [1.82, 2.24) is 0 Å². The number of ether oxygens (including phenoxy) is 3. The van der Waals surface area contributed by atoms with Gasteiger partial charge in [0.2, 0.25) is 0 Å². The highest BCUT2D eigenvalue weighted by molar-refractivity contribution is 5.71. The first-order chi connectivity index (χ1) is 37.0. The Morgan fingerprint density at radius 1 is 0.280 bits per heavy atom. The van der Waals surface area contributed by atoms with E-state index >= 15 is 0 Å². The Kier molecular flexibility index (Phi) is 59.8. The third-order valence-corrected chi connectivity index (χ3v) is 13.6. The average molecular weight is 1040 g/mol. The van der Waals surface area contributed by atoms with E-state index in [-0.39, 0.29) is 31.1 Å². The molecule has 6 nitrogen and oxygen atoms in total. The number of allylic oxidation sites excluding steroid dienone is 16. The van der Waals surface area contributed by atoms with Gasteiger partial charge in [-0.1, -0.05) is 279 Å². The zero-order chi connectivity index (χ0) is 54.3. The molecule has 0 bridgehead atoms. The maximum absolute atomic E-state index is 12.9. The Hall–Kier alpha value is -3.67. The summed E-state index contributed by atoms with van der Waals surface area (Å²) in [6.45, 7) is 6.49. The minimum atomic E-state index is -0.799.